The van der Waals surface area contributed by atoms with Gasteiger partial charge in [-0.15, -0.1) is 0 Å². The van der Waals surface area contributed by atoms with Crippen LogP contribution in [0.5, 0.6) is 0 Å². The van der Waals surface area contributed by atoms with Crippen LogP contribution >= 0.6 is 0 Å². The maximum absolute atomic E-state index is 13.7. The Hall–Kier alpha value is -3.19. The van der Waals surface area contributed by atoms with Gasteiger partial charge in [0.2, 0.25) is 0 Å². The normalized spacial score (nSPS) is 21.0. The van der Waals surface area contributed by atoms with Crippen LogP contribution in [0.3, 0.4) is 0 Å². The van der Waals surface area contributed by atoms with E-state index in [1.807, 2.05) is 105 Å². The molecule has 3 unspecified atom stereocenters. The average molecular weight is 462 g/mol. The molecule has 0 saturated carbocycles. The third-order valence-electron chi connectivity index (χ3n) is 6.00. The molecule has 1 fully saturated rings. The molecule has 4 rings (SSSR count). The monoisotopic (exact) mass is 461 g/mol. The number of amides is 1. The number of cyclic esters (lactones) is 1. The van der Waals surface area contributed by atoms with E-state index in [2.05, 4.69) is 0 Å². The van der Waals surface area contributed by atoms with E-state index in [1.165, 1.54) is 7.11 Å². The summed E-state index contributed by atoms with van der Waals surface area (Å²) in [6.07, 6.45) is -1.09. The molecule has 6 heteroatoms. The first-order chi connectivity index (χ1) is 16.6. The second-order valence-electron chi connectivity index (χ2n) is 7.97. The summed E-state index contributed by atoms with van der Waals surface area (Å²) in [4.78, 5) is 15.4. The summed E-state index contributed by atoms with van der Waals surface area (Å²) in [6.45, 7) is 4.50. The van der Waals surface area contributed by atoms with Gasteiger partial charge in [-0.25, -0.2) is 4.79 Å². The maximum Gasteiger partial charge on any atom is 0.415 e. The zero-order valence-corrected chi connectivity index (χ0v) is 19.8. The quantitative estimate of drug-likeness (QED) is 0.362. The summed E-state index contributed by atoms with van der Waals surface area (Å²) >= 11 is 0. The van der Waals surface area contributed by atoms with Crippen molar-refractivity contribution >= 4 is 6.09 Å². The third kappa shape index (κ3) is 4.57. The summed E-state index contributed by atoms with van der Waals surface area (Å²) < 4.78 is 24.1. The number of rotatable bonds is 10. The molecule has 1 aliphatic rings. The lowest BCUT2D eigenvalue weighted by Gasteiger charge is -2.40. The largest absolute Gasteiger partial charge is 0.415 e. The van der Waals surface area contributed by atoms with Crippen LogP contribution in [0.2, 0.25) is 0 Å². The number of hydrogen-bond donors (Lipinski definition) is 0. The first-order valence-electron chi connectivity index (χ1n) is 11.6. The molecule has 34 heavy (non-hydrogen) atoms. The molecular formula is C28H31NO5. The van der Waals surface area contributed by atoms with E-state index in [4.69, 9.17) is 18.9 Å². The van der Waals surface area contributed by atoms with E-state index < -0.39 is 30.3 Å². The zero-order chi connectivity index (χ0) is 24.0. The number of carbonyl (C=O) groups is 1. The number of hydrogen-bond acceptors (Lipinski definition) is 5. The number of carbonyl (C=O) groups excluding carboxylic acids is 1. The van der Waals surface area contributed by atoms with Gasteiger partial charge in [-0.3, -0.25) is 4.90 Å². The molecule has 1 heterocycles. The highest BCUT2D eigenvalue weighted by atomic mass is 16.9. The molecule has 0 spiro atoms. The number of methoxy groups -OCH3 is 1. The molecule has 3 aromatic rings. The van der Waals surface area contributed by atoms with Crippen molar-refractivity contribution in [3.63, 3.8) is 0 Å². The van der Waals surface area contributed by atoms with Crippen LogP contribution in [-0.2, 0) is 18.9 Å². The van der Waals surface area contributed by atoms with Crippen LogP contribution in [0.15, 0.2) is 91.0 Å². The summed E-state index contributed by atoms with van der Waals surface area (Å²) in [5, 5.41) is 0. The highest BCUT2D eigenvalue weighted by Gasteiger charge is 2.62. The Bertz CT molecular complexity index is 1010. The molecule has 0 N–H and O–H groups in total. The summed E-state index contributed by atoms with van der Waals surface area (Å²) in [5.74, 6) is -1.64. The summed E-state index contributed by atoms with van der Waals surface area (Å²) in [7, 11) is 1.49. The SMILES string of the molecule is CCOC(c1ccccc1)C1N(C(c2ccccc2)c2ccccc2)C(=O)OC1(OC)OCC. The van der Waals surface area contributed by atoms with Crippen molar-refractivity contribution in [1.82, 2.24) is 4.90 Å². The Kier molecular flexibility index (Phi) is 7.63. The number of benzene rings is 3. The van der Waals surface area contributed by atoms with Gasteiger partial charge in [0.1, 0.15) is 6.10 Å². The van der Waals surface area contributed by atoms with Gasteiger partial charge in [0.25, 0.3) is 0 Å². The molecule has 178 valence electrons. The van der Waals surface area contributed by atoms with Gasteiger partial charge in [0.15, 0.2) is 6.04 Å². The van der Waals surface area contributed by atoms with E-state index in [1.54, 1.807) is 4.90 Å². The van der Waals surface area contributed by atoms with E-state index in [9.17, 15) is 4.79 Å². The smallest absolute Gasteiger partial charge is 0.389 e. The maximum atomic E-state index is 13.7. The lowest BCUT2D eigenvalue weighted by Crippen LogP contribution is -2.53. The van der Waals surface area contributed by atoms with Crippen molar-refractivity contribution in [2.45, 2.75) is 38.0 Å². The van der Waals surface area contributed by atoms with E-state index in [0.29, 0.717) is 13.2 Å². The molecule has 3 aromatic carbocycles. The fraction of sp³-hybridized carbons (Fsp3) is 0.321. The lowest BCUT2D eigenvalue weighted by molar-refractivity contribution is -0.352. The zero-order valence-electron chi connectivity index (χ0n) is 19.8. The molecule has 0 radical (unpaired) electrons. The standard InChI is InChI=1S/C28H31NO5/c1-4-32-25(23-19-13-8-14-20-23)26-28(31-3,33-5-2)34-27(30)29(26)24(21-15-9-6-10-16-21)22-17-11-7-12-18-22/h6-20,24-26H,4-5H2,1-3H3. The predicted octanol–water partition coefficient (Wildman–Crippen LogP) is 5.71. The Labute approximate surface area is 201 Å². The minimum Gasteiger partial charge on any atom is -0.389 e. The van der Waals surface area contributed by atoms with Gasteiger partial charge in [-0.1, -0.05) is 91.0 Å². The molecule has 6 nitrogen and oxygen atoms in total. The molecule has 0 aromatic heterocycles. The van der Waals surface area contributed by atoms with E-state index >= 15 is 0 Å². The van der Waals surface area contributed by atoms with Crippen LogP contribution in [-0.4, -0.2) is 43.3 Å². The minimum atomic E-state index is -1.64. The van der Waals surface area contributed by atoms with E-state index in [0.717, 1.165) is 16.7 Å². The molecule has 1 amide bonds. The van der Waals surface area contributed by atoms with Crippen LogP contribution in [0, 0.1) is 0 Å². The van der Waals surface area contributed by atoms with Crippen molar-refractivity contribution in [3.8, 4) is 0 Å². The van der Waals surface area contributed by atoms with Gasteiger partial charge in [-0.05, 0) is 30.5 Å². The first-order valence-corrected chi connectivity index (χ1v) is 11.6. The van der Waals surface area contributed by atoms with Crippen LogP contribution in [0.25, 0.3) is 0 Å². The third-order valence-corrected chi connectivity index (χ3v) is 6.00. The summed E-state index contributed by atoms with van der Waals surface area (Å²) in [6, 6.07) is 28.4. The average Bonchev–Trinajstić information content (AvgIpc) is 3.16. The van der Waals surface area contributed by atoms with Gasteiger partial charge in [0.05, 0.1) is 12.6 Å². The second kappa shape index (κ2) is 10.8. The lowest BCUT2D eigenvalue weighted by atomic mass is 9.92. The Morgan fingerprint density at radius 3 is 1.76 bits per heavy atom. The van der Waals surface area contributed by atoms with Gasteiger partial charge < -0.3 is 18.9 Å². The Balaban J connectivity index is 1.92. The predicted molar refractivity (Wildman–Crippen MR) is 129 cm³/mol. The summed E-state index contributed by atoms with van der Waals surface area (Å²) in [5.41, 5.74) is 2.79. The van der Waals surface area contributed by atoms with Gasteiger partial charge in [0, 0.05) is 13.7 Å². The van der Waals surface area contributed by atoms with Crippen molar-refractivity contribution in [2.24, 2.45) is 0 Å². The van der Waals surface area contributed by atoms with Crippen LogP contribution in [0.4, 0.5) is 4.79 Å². The Morgan fingerprint density at radius 1 is 0.824 bits per heavy atom. The minimum absolute atomic E-state index is 0.292. The molecular weight excluding hydrogens is 430 g/mol. The van der Waals surface area contributed by atoms with Crippen LogP contribution in [0.1, 0.15) is 42.7 Å². The second-order valence-corrected chi connectivity index (χ2v) is 7.97. The Morgan fingerprint density at radius 2 is 1.32 bits per heavy atom. The molecule has 1 aliphatic heterocycles. The van der Waals surface area contributed by atoms with Crippen molar-refractivity contribution < 1.29 is 23.7 Å². The van der Waals surface area contributed by atoms with Gasteiger partial charge >= 0.3 is 12.1 Å². The number of ether oxygens (including phenoxy) is 4. The molecule has 0 bridgehead atoms. The fourth-order valence-electron chi connectivity index (χ4n) is 4.63. The van der Waals surface area contributed by atoms with Gasteiger partial charge in [-0.2, -0.15) is 0 Å². The van der Waals surface area contributed by atoms with Crippen molar-refractivity contribution in [1.29, 1.82) is 0 Å². The van der Waals surface area contributed by atoms with Crippen molar-refractivity contribution in [2.75, 3.05) is 20.3 Å². The molecule has 3 atom stereocenters. The highest BCUT2D eigenvalue weighted by molar-refractivity contribution is 5.73. The fourth-order valence-corrected chi connectivity index (χ4v) is 4.63. The molecule has 1 saturated heterocycles. The molecule has 0 aliphatic carbocycles. The van der Waals surface area contributed by atoms with E-state index in [-0.39, 0.29) is 0 Å². The van der Waals surface area contributed by atoms with Crippen LogP contribution < -0.4 is 0 Å². The first kappa shape index (κ1) is 24.0. The van der Waals surface area contributed by atoms with Crippen molar-refractivity contribution in [3.05, 3.63) is 108 Å². The topological polar surface area (TPSA) is 57.2 Å². The number of nitrogens with zero attached hydrogens (tertiary/aromatic N) is 1. The highest BCUT2D eigenvalue weighted by Crippen LogP contribution is 2.46.